The number of carbonyl (C=O) groups is 3. The Morgan fingerprint density at radius 1 is 0.719 bits per heavy atom. The van der Waals surface area contributed by atoms with Crippen molar-refractivity contribution in [2.75, 3.05) is 19.8 Å². The van der Waals surface area contributed by atoms with Crippen molar-refractivity contribution in [3.8, 4) is 0 Å². The van der Waals surface area contributed by atoms with Gasteiger partial charge in [0.15, 0.2) is 5.25 Å². The van der Waals surface area contributed by atoms with Crippen LogP contribution in [0.5, 0.6) is 0 Å². The molecule has 182 valence electrons. The van der Waals surface area contributed by atoms with Crippen LogP contribution in [-0.4, -0.2) is 55.9 Å². The van der Waals surface area contributed by atoms with Gasteiger partial charge in [0.1, 0.15) is 10.1 Å². The summed E-state index contributed by atoms with van der Waals surface area (Å²) in [5.41, 5.74) is 0. The molecule has 0 rings (SSSR count). The first-order chi connectivity index (χ1) is 14.3. The molecule has 0 spiro atoms. The number of rotatable bonds is 15. The van der Waals surface area contributed by atoms with Gasteiger partial charge in [-0.1, -0.05) is 41.5 Å². The zero-order valence-corrected chi connectivity index (χ0v) is 23.2. The van der Waals surface area contributed by atoms with Crippen LogP contribution in [0, 0.1) is 23.7 Å². The Labute approximate surface area is 214 Å². The molecule has 0 aromatic heterocycles. The molecule has 0 saturated heterocycles. The molecular formula is C21H37NaO9S. The van der Waals surface area contributed by atoms with Gasteiger partial charge in [-0.25, -0.2) is 8.42 Å². The van der Waals surface area contributed by atoms with Crippen molar-refractivity contribution < 1.29 is 71.1 Å². The van der Waals surface area contributed by atoms with E-state index < -0.39 is 45.6 Å². The quantitative estimate of drug-likeness (QED) is 0.131. The molecule has 0 radical (unpaired) electrons. The van der Waals surface area contributed by atoms with Crippen LogP contribution in [0.2, 0.25) is 0 Å². The van der Waals surface area contributed by atoms with Crippen LogP contribution in [0.4, 0.5) is 0 Å². The molecule has 11 heteroatoms. The second-order valence-electron chi connectivity index (χ2n) is 8.83. The summed E-state index contributed by atoms with van der Waals surface area (Å²) in [7, 11) is -5.31. The summed E-state index contributed by atoms with van der Waals surface area (Å²) >= 11 is 0. The van der Waals surface area contributed by atoms with E-state index in [0.29, 0.717) is 19.3 Å². The van der Waals surface area contributed by atoms with Gasteiger partial charge in [0.05, 0.1) is 32.2 Å². The monoisotopic (exact) mass is 488 g/mol. The van der Waals surface area contributed by atoms with E-state index in [4.69, 9.17) is 14.2 Å². The van der Waals surface area contributed by atoms with Gasteiger partial charge in [0.25, 0.3) is 0 Å². The fourth-order valence-corrected chi connectivity index (χ4v) is 3.34. The molecule has 9 nitrogen and oxygen atoms in total. The maximum atomic E-state index is 12.6. The Morgan fingerprint density at radius 3 is 1.47 bits per heavy atom. The number of ether oxygens (including phenoxy) is 3. The van der Waals surface area contributed by atoms with E-state index in [1.807, 2.05) is 41.5 Å². The first-order valence-electron chi connectivity index (χ1n) is 10.7. The zero-order valence-electron chi connectivity index (χ0n) is 20.4. The summed E-state index contributed by atoms with van der Waals surface area (Å²) < 4.78 is 50.6. The standard InChI is InChI=1S/C21H38O9S.Na/c1-14(2)7-10-28-18(22)13-17(20(23)29-11-8-15(3)4)19(31(25,26)27)21(24)30-12-9-16(5)6;/h14-17,19H,7-13H2,1-6H3,(H,25,26,27);/q;+1/p-1. The topological polar surface area (TPSA) is 136 Å². The Balaban J connectivity index is 0. The molecule has 0 aromatic carbocycles. The summed E-state index contributed by atoms with van der Waals surface area (Å²) in [4.78, 5) is 37.2. The SMILES string of the molecule is CC(C)CCOC(=O)CC(C(=O)OCCC(C)C)C(C(=O)OCCC(C)C)S(=O)(=O)[O-].[Na+]. The molecule has 0 N–H and O–H groups in total. The molecule has 2 unspecified atom stereocenters. The second-order valence-corrected chi connectivity index (χ2v) is 10.3. The van der Waals surface area contributed by atoms with E-state index in [1.165, 1.54) is 0 Å². The van der Waals surface area contributed by atoms with Crippen molar-refractivity contribution in [1.29, 1.82) is 0 Å². The molecule has 0 heterocycles. The van der Waals surface area contributed by atoms with Crippen LogP contribution in [0.3, 0.4) is 0 Å². The van der Waals surface area contributed by atoms with Crippen molar-refractivity contribution in [2.45, 2.75) is 72.5 Å². The van der Waals surface area contributed by atoms with Crippen molar-refractivity contribution in [3.05, 3.63) is 0 Å². The van der Waals surface area contributed by atoms with E-state index in [-0.39, 0.29) is 67.1 Å². The smallest absolute Gasteiger partial charge is 0.747 e. The van der Waals surface area contributed by atoms with Crippen molar-refractivity contribution in [2.24, 2.45) is 23.7 Å². The van der Waals surface area contributed by atoms with E-state index in [9.17, 15) is 27.4 Å². The van der Waals surface area contributed by atoms with E-state index in [0.717, 1.165) is 0 Å². The Morgan fingerprint density at radius 2 is 1.09 bits per heavy atom. The normalized spacial score (nSPS) is 13.4. The minimum atomic E-state index is -5.31. The average Bonchev–Trinajstić information content (AvgIpc) is 2.58. The van der Waals surface area contributed by atoms with Crippen molar-refractivity contribution in [1.82, 2.24) is 0 Å². The van der Waals surface area contributed by atoms with Gasteiger partial charge in [0, 0.05) is 0 Å². The van der Waals surface area contributed by atoms with Gasteiger partial charge in [-0.15, -0.1) is 0 Å². The van der Waals surface area contributed by atoms with Crippen LogP contribution in [-0.2, 0) is 38.7 Å². The van der Waals surface area contributed by atoms with Crippen LogP contribution in [0.25, 0.3) is 0 Å². The molecular weight excluding hydrogens is 451 g/mol. The molecule has 0 aliphatic rings. The van der Waals surface area contributed by atoms with E-state index in [2.05, 4.69) is 0 Å². The van der Waals surface area contributed by atoms with Gasteiger partial charge >= 0.3 is 47.5 Å². The third kappa shape index (κ3) is 15.2. The van der Waals surface area contributed by atoms with E-state index in [1.54, 1.807) is 0 Å². The predicted molar refractivity (Wildman–Crippen MR) is 113 cm³/mol. The van der Waals surface area contributed by atoms with Gasteiger partial charge < -0.3 is 18.8 Å². The maximum Gasteiger partial charge on any atom is 1.00 e. The third-order valence-electron chi connectivity index (χ3n) is 4.44. The maximum absolute atomic E-state index is 12.6. The first-order valence-corrected chi connectivity index (χ1v) is 12.2. The Kier molecular flexibility index (Phi) is 17.6. The summed E-state index contributed by atoms with van der Waals surface area (Å²) in [6.07, 6.45) is 0.725. The zero-order chi connectivity index (χ0) is 24.2. The molecule has 2 atom stereocenters. The minimum absolute atomic E-state index is 0. The molecule has 0 aliphatic carbocycles. The number of esters is 3. The summed E-state index contributed by atoms with van der Waals surface area (Å²) in [5.74, 6) is -4.59. The van der Waals surface area contributed by atoms with Crippen LogP contribution in [0.1, 0.15) is 67.2 Å². The van der Waals surface area contributed by atoms with Gasteiger partial charge in [-0.2, -0.15) is 0 Å². The van der Waals surface area contributed by atoms with Crippen LogP contribution >= 0.6 is 0 Å². The first kappa shape index (κ1) is 33.5. The minimum Gasteiger partial charge on any atom is -0.747 e. The fraction of sp³-hybridized carbons (Fsp3) is 0.857. The summed E-state index contributed by atoms with van der Waals surface area (Å²) in [5, 5.41) is -2.39. The molecule has 0 aromatic rings. The molecule has 0 saturated carbocycles. The van der Waals surface area contributed by atoms with Gasteiger partial charge in [-0.3, -0.25) is 14.4 Å². The fourth-order valence-electron chi connectivity index (χ4n) is 2.42. The Hall–Kier alpha value is -0.680. The molecule has 0 bridgehead atoms. The number of hydrogen-bond acceptors (Lipinski definition) is 9. The number of hydrogen-bond donors (Lipinski definition) is 0. The van der Waals surface area contributed by atoms with Crippen molar-refractivity contribution in [3.63, 3.8) is 0 Å². The van der Waals surface area contributed by atoms with Gasteiger partial charge in [-0.05, 0) is 37.0 Å². The molecule has 32 heavy (non-hydrogen) atoms. The third-order valence-corrected chi connectivity index (χ3v) is 5.58. The molecule has 0 aliphatic heterocycles. The Bertz CT molecular complexity index is 675. The molecule has 0 amide bonds. The average molecular weight is 489 g/mol. The number of carbonyl (C=O) groups excluding carboxylic acids is 3. The van der Waals surface area contributed by atoms with E-state index >= 15 is 0 Å². The van der Waals surface area contributed by atoms with Crippen LogP contribution in [0.15, 0.2) is 0 Å². The van der Waals surface area contributed by atoms with Crippen LogP contribution < -0.4 is 29.6 Å². The van der Waals surface area contributed by atoms with Gasteiger partial charge in [0.2, 0.25) is 0 Å². The molecule has 0 fully saturated rings. The predicted octanol–water partition coefficient (Wildman–Crippen LogP) is -0.322. The second kappa shape index (κ2) is 16.9. The summed E-state index contributed by atoms with van der Waals surface area (Å²) in [6.45, 7) is 11.3. The van der Waals surface area contributed by atoms with Crippen molar-refractivity contribution >= 4 is 28.0 Å². The largest absolute Gasteiger partial charge is 1.00 e. The summed E-state index contributed by atoms with van der Waals surface area (Å²) in [6, 6.07) is 0.